The topological polar surface area (TPSA) is 130 Å². The lowest BCUT2D eigenvalue weighted by Gasteiger charge is -2.28. The Kier molecular flexibility index (Phi) is 9.67. The van der Waals surface area contributed by atoms with Gasteiger partial charge in [-0.25, -0.2) is 13.2 Å². The molecule has 0 saturated carbocycles. The van der Waals surface area contributed by atoms with E-state index in [2.05, 4.69) is 10.6 Å². The van der Waals surface area contributed by atoms with Gasteiger partial charge < -0.3 is 15.7 Å². The number of anilines is 1. The van der Waals surface area contributed by atoms with E-state index in [0.717, 1.165) is 29.8 Å². The summed E-state index contributed by atoms with van der Waals surface area (Å²) in [5, 5.41) is 14.7. The molecule has 8 nitrogen and oxygen atoms in total. The van der Waals surface area contributed by atoms with Crippen LogP contribution < -0.4 is 10.6 Å². The van der Waals surface area contributed by atoms with Gasteiger partial charge in [-0.05, 0) is 117 Å². The van der Waals surface area contributed by atoms with E-state index in [0.29, 0.717) is 11.1 Å². The quantitative estimate of drug-likeness (QED) is 0.185. The monoisotopic (exact) mass is 666 g/mol. The number of amides is 2. The van der Waals surface area contributed by atoms with E-state index in [-0.39, 0.29) is 38.4 Å². The molecule has 3 N–H and O–H groups in total. The van der Waals surface area contributed by atoms with Crippen molar-refractivity contribution in [3.05, 3.63) is 122 Å². The highest BCUT2D eigenvalue weighted by molar-refractivity contribution is 7.91. The van der Waals surface area contributed by atoms with Crippen molar-refractivity contribution < 1.29 is 41.1 Å². The van der Waals surface area contributed by atoms with Crippen LogP contribution >= 0.6 is 0 Å². The molecular weight excluding hydrogens is 633 g/mol. The Morgan fingerprint density at radius 1 is 0.723 bits per heavy atom. The van der Waals surface area contributed by atoms with Crippen molar-refractivity contribution >= 4 is 33.3 Å². The SMILES string of the molecule is CNC(=O)c1cccc(S(=O)(=O)c2ccc(C(=O)O)c(C(=O)Nc3cc(C)c(C(c4c(C)cc(C)cc4C)C(F)(F)F)c(C)c3)c2)c1. The number of benzene rings is 4. The molecule has 0 bridgehead atoms. The van der Waals surface area contributed by atoms with E-state index in [1.165, 1.54) is 51.2 Å². The molecule has 0 spiro atoms. The number of carbonyl (C=O) groups excluding carboxylic acids is 2. The van der Waals surface area contributed by atoms with Gasteiger partial charge >= 0.3 is 12.1 Å². The first kappa shape index (κ1) is 34.9. The molecule has 0 aliphatic heterocycles. The maximum absolute atomic E-state index is 14.7. The number of aryl methyl sites for hydroxylation is 5. The minimum atomic E-state index is -4.63. The van der Waals surface area contributed by atoms with Gasteiger partial charge in [0.15, 0.2) is 0 Å². The summed E-state index contributed by atoms with van der Waals surface area (Å²) in [6.07, 6.45) is -4.63. The van der Waals surface area contributed by atoms with E-state index >= 15 is 0 Å². The van der Waals surface area contributed by atoms with E-state index in [9.17, 15) is 41.1 Å². The van der Waals surface area contributed by atoms with Crippen LogP contribution in [0, 0.1) is 34.6 Å². The van der Waals surface area contributed by atoms with Gasteiger partial charge in [-0.3, -0.25) is 9.59 Å². The normalized spacial score (nSPS) is 12.4. The summed E-state index contributed by atoms with van der Waals surface area (Å²) in [6, 6.07) is 14.3. The molecule has 0 aliphatic carbocycles. The van der Waals surface area contributed by atoms with Gasteiger partial charge in [0.1, 0.15) is 5.92 Å². The molecule has 0 aromatic heterocycles. The van der Waals surface area contributed by atoms with Crippen molar-refractivity contribution in [2.24, 2.45) is 0 Å². The van der Waals surface area contributed by atoms with Crippen molar-refractivity contribution in [2.45, 2.75) is 56.5 Å². The highest BCUT2D eigenvalue weighted by Gasteiger charge is 2.44. The lowest BCUT2D eigenvalue weighted by molar-refractivity contribution is -0.141. The van der Waals surface area contributed by atoms with E-state index in [1.807, 2.05) is 6.92 Å². The molecule has 4 rings (SSSR count). The smallest absolute Gasteiger partial charge is 0.399 e. The molecule has 1 atom stereocenters. The van der Waals surface area contributed by atoms with Gasteiger partial charge in [0.2, 0.25) is 9.84 Å². The maximum Gasteiger partial charge on any atom is 0.399 e. The fourth-order valence-electron chi connectivity index (χ4n) is 5.97. The third-order valence-electron chi connectivity index (χ3n) is 7.90. The van der Waals surface area contributed by atoms with Crippen LogP contribution in [-0.4, -0.2) is 44.5 Å². The summed E-state index contributed by atoms with van der Waals surface area (Å²) in [4.78, 5) is 36.9. The first-order valence-corrected chi connectivity index (χ1v) is 15.9. The number of hydrogen-bond acceptors (Lipinski definition) is 5. The number of alkyl halides is 3. The number of hydrogen-bond donors (Lipinski definition) is 3. The summed E-state index contributed by atoms with van der Waals surface area (Å²) >= 11 is 0. The van der Waals surface area contributed by atoms with Crippen LogP contribution in [0.3, 0.4) is 0 Å². The highest BCUT2D eigenvalue weighted by Crippen LogP contribution is 2.45. The zero-order valence-corrected chi connectivity index (χ0v) is 27.3. The van der Waals surface area contributed by atoms with Crippen LogP contribution in [0.1, 0.15) is 75.9 Å². The van der Waals surface area contributed by atoms with Gasteiger partial charge in [0, 0.05) is 18.3 Å². The summed E-state index contributed by atoms with van der Waals surface area (Å²) < 4.78 is 71.0. The zero-order chi connectivity index (χ0) is 35.0. The summed E-state index contributed by atoms with van der Waals surface area (Å²) in [5.74, 6) is -4.94. The fourth-order valence-corrected chi connectivity index (χ4v) is 7.30. The van der Waals surface area contributed by atoms with Gasteiger partial charge in [-0.15, -0.1) is 0 Å². The van der Waals surface area contributed by atoms with E-state index in [1.54, 1.807) is 26.0 Å². The standard InChI is InChI=1S/C35H33F3N2O6S/c1-18-12-19(2)29(20(3)13-18)31(35(36,37)38)30-21(4)14-24(15-22(30)5)40-33(42)28-17-26(10-11-27(28)34(43)44)47(45,46)25-9-7-8-23(16-25)32(41)39-6/h7-17,31H,1-6H3,(H,39,41)(H,40,42)(H,43,44). The summed E-state index contributed by atoms with van der Waals surface area (Å²) in [7, 11) is -2.93. The molecule has 0 heterocycles. The Labute approximate surface area is 270 Å². The molecule has 1 unspecified atom stereocenters. The summed E-state index contributed by atoms with van der Waals surface area (Å²) in [5.41, 5.74) is 1.69. The maximum atomic E-state index is 14.7. The molecule has 246 valence electrons. The van der Waals surface area contributed by atoms with Crippen LogP contribution in [0.15, 0.2) is 76.5 Å². The predicted molar refractivity (Wildman–Crippen MR) is 171 cm³/mol. The van der Waals surface area contributed by atoms with Gasteiger partial charge in [0.05, 0.1) is 20.9 Å². The Bertz CT molecular complexity index is 1990. The van der Waals surface area contributed by atoms with Crippen molar-refractivity contribution in [3.8, 4) is 0 Å². The van der Waals surface area contributed by atoms with Crippen LogP contribution in [-0.2, 0) is 9.84 Å². The Balaban J connectivity index is 1.76. The average Bonchev–Trinajstić information content (AvgIpc) is 2.98. The van der Waals surface area contributed by atoms with Crippen molar-refractivity contribution in [1.82, 2.24) is 5.32 Å². The first-order chi connectivity index (χ1) is 21.9. The molecule has 0 saturated heterocycles. The molecule has 4 aromatic rings. The van der Waals surface area contributed by atoms with Gasteiger partial charge in [-0.1, -0.05) is 23.8 Å². The van der Waals surface area contributed by atoms with Crippen LogP contribution in [0.4, 0.5) is 18.9 Å². The molecule has 0 aliphatic rings. The second-order valence-electron chi connectivity index (χ2n) is 11.4. The molecule has 0 radical (unpaired) electrons. The molecule has 12 heteroatoms. The van der Waals surface area contributed by atoms with Crippen molar-refractivity contribution in [3.63, 3.8) is 0 Å². The Hall–Kier alpha value is -4.97. The number of carboxylic acid groups (broad SMARTS) is 1. The average molecular weight is 667 g/mol. The zero-order valence-electron chi connectivity index (χ0n) is 26.5. The number of carboxylic acids is 1. The third-order valence-corrected chi connectivity index (χ3v) is 9.65. The molecule has 4 aromatic carbocycles. The highest BCUT2D eigenvalue weighted by atomic mass is 32.2. The molecule has 0 fully saturated rings. The number of nitrogens with one attached hydrogen (secondary N) is 2. The molecular formula is C35H33F3N2O6S. The van der Waals surface area contributed by atoms with Crippen LogP contribution in [0.25, 0.3) is 0 Å². The molecule has 47 heavy (non-hydrogen) atoms. The number of sulfone groups is 1. The Morgan fingerprint density at radius 2 is 1.26 bits per heavy atom. The largest absolute Gasteiger partial charge is 0.478 e. The van der Waals surface area contributed by atoms with Gasteiger partial charge in [0.25, 0.3) is 11.8 Å². The van der Waals surface area contributed by atoms with Crippen LogP contribution in [0.2, 0.25) is 0 Å². The fraction of sp³-hybridized carbons (Fsp3) is 0.229. The van der Waals surface area contributed by atoms with Crippen LogP contribution in [0.5, 0.6) is 0 Å². The minimum Gasteiger partial charge on any atom is -0.478 e. The second-order valence-corrected chi connectivity index (χ2v) is 13.3. The number of halogens is 3. The third kappa shape index (κ3) is 7.07. The minimum absolute atomic E-state index is 0.0313. The second kappa shape index (κ2) is 13.0. The number of aromatic carboxylic acids is 1. The summed E-state index contributed by atoms with van der Waals surface area (Å²) in [6.45, 7) is 8.09. The van der Waals surface area contributed by atoms with E-state index in [4.69, 9.17) is 0 Å². The number of rotatable bonds is 8. The van der Waals surface area contributed by atoms with Crippen molar-refractivity contribution in [1.29, 1.82) is 0 Å². The number of carbonyl (C=O) groups is 3. The lowest BCUT2D eigenvalue weighted by Crippen LogP contribution is -2.26. The van der Waals surface area contributed by atoms with E-state index < -0.39 is 55.7 Å². The predicted octanol–water partition coefficient (Wildman–Crippen LogP) is 7.07. The molecule has 2 amide bonds. The lowest BCUT2D eigenvalue weighted by atomic mass is 9.80. The van der Waals surface area contributed by atoms with Gasteiger partial charge in [-0.2, -0.15) is 13.2 Å². The van der Waals surface area contributed by atoms with Crippen molar-refractivity contribution in [2.75, 3.05) is 12.4 Å². The first-order valence-electron chi connectivity index (χ1n) is 14.4. The Morgan fingerprint density at radius 3 is 1.77 bits per heavy atom.